The van der Waals surface area contributed by atoms with Gasteiger partial charge in [-0.1, -0.05) is 6.92 Å². The van der Waals surface area contributed by atoms with E-state index in [1.807, 2.05) is 4.90 Å². The van der Waals surface area contributed by atoms with Crippen LogP contribution < -0.4 is 14.4 Å². The van der Waals surface area contributed by atoms with Gasteiger partial charge in [-0.25, -0.2) is 8.42 Å². The number of rotatable bonds is 6. The Kier molecular flexibility index (Phi) is 5.91. The largest absolute Gasteiger partial charge is 0.497 e. The Morgan fingerprint density at radius 2 is 1.48 bits per heavy atom. The maximum atomic E-state index is 13.5. The minimum absolute atomic E-state index is 0.0574. The standard InChI is InChI=1S/C23H26N2O5S/c1-16-12-14-25(15-13-16)23-22(31(26,27)20-10-8-19(29-3)9-11-20)24-21(30-23)17-4-6-18(28-2)7-5-17/h4-11,16H,12-15H2,1-3H3. The summed E-state index contributed by atoms with van der Waals surface area (Å²) in [6.07, 6.45) is 1.95. The zero-order valence-electron chi connectivity index (χ0n) is 17.9. The van der Waals surface area contributed by atoms with E-state index in [-0.39, 0.29) is 15.8 Å². The quantitative estimate of drug-likeness (QED) is 0.559. The molecular formula is C23H26N2O5S. The maximum absolute atomic E-state index is 13.5. The van der Waals surface area contributed by atoms with Gasteiger partial charge in [-0.2, -0.15) is 4.98 Å². The van der Waals surface area contributed by atoms with Crippen LogP contribution in [0.25, 0.3) is 11.5 Å². The summed E-state index contributed by atoms with van der Waals surface area (Å²) in [6.45, 7) is 3.66. The van der Waals surface area contributed by atoms with E-state index in [0.717, 1.165) is 25.9 Å². The lowest BCUT2D eigenvalue weighted by molar-refractivity contribution is 0.414. The molecular weight excluding hydrogens is 416 g/mol. The molecule has 31 heavy (non-hydrogen) atoms. The number of oxazole rings is 1. The highest BCUT2D eigenvalue weighted by Crippen LogP contribution is 2.37. The smallest absolute Gasteiger partial charge is 0.236 e. The van der Waals surface area contributed by atoms with E-state index in [9.17, 15) is 8.42 Å². The Hall–Kier alpha value is -3.00. The van der Waals surface area contributed by atoms with Gasteiger partial charge in [-0.3, -0.25) is 0 Å². The Bertz CT molecular complexity index is 1130. The van der Waals surface area contributed by atoms with Crippen LogP contribution in [0.5, 0.6) is 11.5 Å². The van der Waals surface area contributed by atoms with Gasteiger partial charge in [0.2, 0.25) is 26.6 Å². The SMILES string of the molecule is COc1ccc(-c2nc(S(=O)(=O)c3ccc(OC)cc3)c(N3CCC(C)CC3)o2)cc1. The van der Waals surface area contributed by atoms with Gasteiger partial charge in [0, 0.05) is 18.7 Å². The van der Waals surface area contributed by atoms with E-state index in [2.05, 4.69) is 11.9 Å². The molecule has 1 saturated heterocycles. The van der Waals surface area contributed by atoms with Crippen molar-refractivity contribution in [2.75, 3.05) is 32.2 Å². The van der Waals surface area contributed by atoms with Crippen LogP contribution in [0.3, 0.4) is 0 Å². The molecule has 1 aliphatic heterocycles. The number of hydrogen-bond donors (Lipinski definition) is 0. The molecule has 0 aliphatic carbocycles. The van der Waals surface area contributed by atoms with Gasteiger partial charge in [-0.15, -0.1) is 0 Å². The fourth-order valence-corrected chi connectivity index (χ4v) is 4.93. The fraction of sp³-hybridized carbons (Fsp3) is 0.348. The van der Waals surface area contributed by atoms with E-state index >= 15 is 0 Å². The number of aromatic nitrogens is 1. The molecule has 0 unspecified atom stereocenters. The van der Waals surface area contributed by atoms with Crippen LogP contribution in [-0.2, 0) is 9.84 Å². The topological polar surface area (TPSA) is 81.9 Å². The first-order valence-corrected chi connectivity index (χ1v) is 11.7. The first-order chi connectivity index (χ1) is 14.9. The molecule has 1 aromatic heterocycles. The Morgan fingerprint density at radius 1 is 0.935 bits per heavy atom. The molecule has 0 spiro atoms. The van der Waals surface area contributed by atoms with Crippen LogP contribution in [0.2, 0.25) is 0 Å². The number of ether oxygens (including phenoxy) is 2. The second-order valence-electron chi connectivity index (χ2n) is 7.71. The number of piperidine rings is 1. The normalized spacial score (nSPS) is 15.1. The summed E-state index contributed by atoms with van der Waals surface area (Å²) in [6, 6.07) is 13.5. The lowest BCUT2D eigenvalue weighted by Crippen LogP contribution is -2.33. The molecule has 0 saturated carbocycles. The summed E-state index contributed by atoms with van der Waals surface area (Å²) in [7, 11) is -0.752. The predicted molar refractivity (Wildman–Crippen MR) is 118 cm³/mol. The molecule has 0 N–H and O–H groups in total. The molecule has 1 aliphatic rings. The van der Waals surface area contributed by atoms with Crippen molar-refractivity contribution >= 4 is 15.7 Å². The molecule has 0 bridgehead atoms. The van der Waals surface area contributed by atoms with Gasteiger partial charge in [0.15, 0.2) is 0 Å². The van der Waals surface area contributed by atoms with Crippen LogP contribution >= 0.6 is 0 Å². The van der Waals surface area contributed by atoms with E-state index in [1.54, 1.807) is 43.5 Å². The van der Waals surface area contributed by atoms with Crippen molar-refractivity contribution < 1.29 is 22.3 Å². The van der Waals surface area contributed by atoms with Crippen LogP contribution in [0, 0.1) is 5.92 Å². The monoisotopic (exact) mass is 442 g/mol. The van der Waals surface area contributed by atoms with Crippen molar-refractivity contribution in [3.63, 3.8) is 0 Å². The van der Waals surface area contributed by atoms with Crippen molar-refractivity contribution in [2.24, 2.45) is 5.92 Å². The minimum Gasteiger partial charge on any atom is -0.497 e. The van der Waals surface area contributed by atoms with Crippen molar-refractivity contribution in [1.82, 2.24) is 4.98 Å². The molecule has 7 nitrogen and oxygen atoms in total. The van der Waals surface area contributed by atoms with Crippen molar-refractivity contribution in [3.8, 4) is 23.0 Å². The molecule has 2 heterocycles. The zero-order valence-corrected chi connectivity index (χ0v) is 18.7. The van der Waals surface area contributed by atoms with Gasteiger partial charge < -0.3 is 18.8 Å². The average Bonchev–Trinajstić information content (AvgIpc) is 3.26. The Labute approximate surface area is 182 Å². The molecule has 0 atom stereocenters. The summed E-state index contributed by atoms with van der Waals surface area (Å²) >= 11 is 0. The molecule has 164 valence electrons. The summed E-state index contributed by atoms with van der Waals surface area (Å²) < 4.78 is 43.4. The molecule has 0 radical (unpaired) electrons. The molecule has 2 aromatic carbocycles. The van der Waals surface area contributed by atoms with Crippen molar-refractivity contribution in [3.05, 3.63) is 48.5 Å². The Balaban J connectivity index is 1.79. The van der Waals surface area contributed by atoms with Crippen molar-refractivity contribution in [2.45, 2.75) is 29.7 Å². The van der Waals surface area contributed by atoms with Crippen LogP contribution in [0.4, 0.5) is 5.88 Å². The zero-order chi connectivity index (χ0) is 22.0. The average molecular weight is 443 g/mol. The van der Waals surface area contributed by atoms with Crippen molar-refractivity contribution in [1.29, 1.82) is 0 Å². The third-order valence-corrected chi connectivity index (χ3v) is 7.28. The lowest BCUT2D eigenvalue weighted by atomic mass is 9.99. The number of benzene rings is 2. The van der Waals surface area contributed by atoms with Crippen LogP contribution in [0.15, 0.2) is 62.9 Å². The highest BCUT2D eigenvalue weighted by molar-refractivity contribution is 7.91. The van der Waals surface area contributed by atoms with E-state index in [1.165, 1.54) is 19.2 Å². The second kappa shape index (κ2) is 8.63. The molecule has 1 fully saturated rings. The van der Waals surface area contributed by atoms with E-state index in [0.29, 0.717) is 28.9 Å². The third kappa shape index (κ3) is 4.25. The second-order valence-corrected chi connectivity index (χ2v) is 9.57. The maximum Gasteiger partial charge on any atom is 0.236 e. The first kappa shape index (κ1) is 21.2. The number of hydrogen-bond acceptors (Lipinski definition) is 7. The van der Waals surface area contributed by atoms with Gasteiger partial charge in [0.25, 0.3) is 0 Å². The van der Waals surface area contributed by atoms with Crippen LogP contribution in [-0.4, -0.2) is 40.7 Å². The minimum atomic E-state index is -3.88. The van der Waals surface area contributed by atoms with Gasteiger partial charge in [0.1, 0.15) is 11.5 Å². The number of sulfone groups is 1. The van der Waals surface area contributed by atoms with E-state index in [4.69, 9.17) is 13.9 Å². The lowest BCUT2D eigenvalue weighted by Gasteiger charge is -2.30. The molecule has 8 heteroatoms. The van der Waals surface area contributed by atoms with Gasteiger partial charge in [0.05, 0.1) is 19.1 Å². The van der Waals surface area contributed by atoms with Gasteiger partial charge >= 0.3 is 0 Å². The fourth-order valence-electron chi connectivity index (χ4n) is 3.61. The number of anilines is 1. The van der Waals surface area contributed by atoms with Crippen LogP contribution in [0.1, 0.15) is 19.8 Å². The summed E-state index contributed by atoms with van der Waals surface area (Å²) in [5, 5.41) is -0.0574. The van der Waals surface area contributed by atoms with Gasteiger partial charge in [-0.05, 0) is 67.3 Å². The molecule has 0 amide bonds. The summed E-state index contributed by atoms with van der Waals surface area (Å²) in [5.41, 5.74) is 0.684. The summed E-state index contributed by atoms with van der Waals surface area (Å²) in [5.74, 6) is 2.45. The first-order valence-electron chi connectivity index (χ1n) is 10.2. The highest BCUT2D eigenvalue weighted by Gasteiger charge is 2.32. The number of nitrogens with zero attached hydrogens (tertiary/aromatic N) is 2. The summed E-state index contributed by atoms with van der Waals surface area (Å²) in [4.78, 5) is 6.58. The molecule has 3 aromatic rings. The molecule has 4 rings (SSSR count). The number of methoxy groups -OCH3 is 2. The Morgan fingerprint density at radius 3 is 2.03 bits per heavy atom. The third-order valence-electron chi connectivity index (χ3n) is 5.61. The predicted octanol–water partition coefficient (Wildman–Crippen LogP) is 4.43. The van der Waals surface area contributed by atoms with E-state index < -0.39 is 9.84 Å². The highest BCUT2D eigenvalue weighted by atomic mass is 32.2.